The number of pyridine rings is 1. The summed E-state index contributed by atoms with van der Waals surface area (Å²) >= 11 is 0. The Bertz CT molecular complexity index is 480. The lowest BCUT2D eigenvalue weighted by molar-refractivity contribution is 0.417. The maximum Gasteiger partial charge on any atom is 0.0488 e. The van der Waals surface area contributed by atoms with Gasteiger partial charge in [-0.25, -0.2) is 0 Å². The number of nitrogens with one attached hydrogen (secondary N) is 1. The molecule has 0 saturated carbocycles. The highest BCUT2D eigenvalue weighted by Crippen LogP contribution is 2.09. The van der Waals surface area contributed by atoms with Gasteiger partial charge in [-0.2, -0.15) is 0 Å². The van der Waals surface area contributed by atoms with E-state index in [0.29, 0.717) is 0 Å². The SMILES string of the molecule is CC(C)(C)NCc1cccn1Cc1cccnc1. The summed E-state index contributed by atoms with van der Waals surface area (Å²) in [6.07, 6.45) is 5.84. The molecule has 0 bridgehead atoms. The third kappa shape index (κ3) is 3.70. The highest BCUT2D eigenvalue weighted by atomic mass is 15.0. The minimum absolute atomic E-state index is 0.142. The van der Waals surface area contributed by atoms with Crippen LogP contribution in [0.1, 0.15) is 32.0 Å². The molecule has 0 unspecified atom stereocenters. The van der Waals surface area contributed by atoms with E-state index in [9.17, 15) is 0 Å². The van der Waals surface area contributed by atoms with Crippen molar-refractivity contribution in [1.29, 1.82) is 0 Å². The minimum atomic E-state index is 0.142. The van der Waals surface area contributed by atoms with Crippen LogP contribution < -0.4 is 5.32 Å². The fraction of sp³-hybridized carbons (Fsp3) is 0.400. The van der Waals surface area contributed by atoms with Crippen LogP contribution in [0.25, 0.3) is 0 Å². The number of nitrogens with zero attached hydrogens (tertiary/aromatic N) is 2. The van der Waals surface area contributed by atoms with Crippen LogP contribution in [-0.4, -0.2) is 15.1 Å². The van der Waals surface area contributed by atoms with Gasteiger partial charge in [-0.3, -0.25) is 4.98 Å². The lowest BCUT2D eigenvalue weighted by Crippen LogP contribution is -2.35. The van der Waals surface area contributed by atoms with E-state index in [1.807, 2.05) is 12.3 Å². The fourth-order valence-corrected chi connectivity index (χ4v) is 1.81. The largest absolute Gasteiger partial charge is 0.346 e. The van der Waals surface area contributed by atoms with Crippen LogP contribution in [0.3, 0.4) is 0 Å². The van der Waals surface area contributed by atoms with E-state index in [4.69, 9.17) is 0 Å². The molecular weight excluding hydrogens is 222 g/mol. The van der Waals surface area contributed by atoms with Crippen molar-refractivity contribution in [3.8, 4) is 0 Å². The first-order valence-electron chi connectivity index (χ1n) is 6.32. The highest BCUT2D eigenvalue weighted by molar-refractivity contribution is 5.14. The number of rotatable bonds is 4. The van der Waals surface area contributed by atoms with Crippen LogP contribution in [0.4, 0.5) is 0 Å². The van der Waals surface area contributed by atoms with Gasteiger partial charge in [0.25, 0.3) is 0 Å². The van der Waals surface area contributed by atoms with E-state index in [-0.39, 0.29) is 5.54 Å². The molecule has 2 heterocycles. The van der Waals surface area contributed by atoms with Crippen molar-refractivity contribution in [2.24, 2.45) is 0 Å². The summed E-state index contributed by atoms with van der Waals surface area (Å²) in [6.45, 7) is 8.31. The summed E-state index contributed by atoms with van der Waals surface area (Å²) < 4.78 is 2.26. The van der Waals surface area contributed by atoms with E-state index >= 15 is 0 Å². The molecule has 0 aliphatic rings. The zero-order valence-electron chi connectivity index (χ0n) is 11.4. The van der Waals surface area contributed by atoms with E-state index in [0.717, 1.165) is 13.1 Å². The molecule has 3 nitrogen and oxygen atoms in total. The van der Waals surface area contributed by atoms with Crippen LogP contribution in [0, 0.1) is 0 Å². The Morgan fingerprint density at radius 3 is 2.72 bits per heavy atom. The summed E-state index contributed by atoms with van der Waals surface area (Å²) in [6, 6.07) is 8.34. The van der Waals surface area contributed by atoms with Gasteiger partial charge in [-0.1, -0.05) is 6.07 Å². The van der Waals surface area contributed by atoms with Gasteiger partial charge in [0.15, 0.2) is 0 Å². The molecule has 0 aliphatic heterocycles. The second-order valence-electron chi connectivity index (χ2n) is 5.59. The Morgan fingerprint density at radius 2 is 2.06 bits per heavy atom. The van der Waals surface area contributed by atoms with Crippen molar-refractivity contribution in [1.82, 2.24) is 14.9 Å². The van der Waals surface area contributed by atoms with Crippen molar-refractivity contribution < 1.29 is 0 Å². The molecule has 3 heteroatoms. The lowest BCUT2D eigenvalue weighted by Gasteiger charge is -2.21. The van der Waals surface area contributed by atoms with Gasteiger partial charge < -0.3 is 9.88 Å². The van der Waals surface area contributed by atoms with Gasteiger partial charge in [-0.15, -0.1) is 0 Å². The van der Waals surface area contributed by atoms with Gasteiger partial charge in [-0.05, 0) is 44.5 Å². The topological polar surface area (TPSA) is 29.9 Å². The van der Waals surface area contributed by atoms with Crippen LogP contribution in [0.5, 0.6) is 0 Å². The normalized spacial score (nSPS) is 11.7. The van der Waals surface area contributed by atoms with Crippen molar-refractivity contribution in [2.75, 3.05) is 0 Å². The third-order valence-electron chi connectivity index (χ3n) is 2.80. The van der Waals surface area contributed by atoms with E-state index < -0.39 is 0 Å². The van der Waals surface area contributed by atoms with E-state index in [1.54, 1.807) is 6.20 Å². The first-order chi connectivity index (χ1) is 8.54. The number of hydrogen-bond acceptors (Lipinski definition) is 2. The number of aromatic nitrogens is 2. The van der Waals surface area contributed by atoms with Crippen molar-refractivity contribution in [2.45, 2.75) is 39.4 Å². The molecule has 96 valence electrons. The molecule has 0 radical (unpaired) electrons. The molecule has 0 amide bonds. The minimum Gasteiger partial charge on any atom is -0.346 e. The molecule has 0 saturated heterocycles. The molecular formula is C15H21N3. The Morgan fingerprint density at radius 1 is 1.22 bits per heavy atom. The predicted octanol–water partition coefficient (Wildman–Crippen LogP) is 2.82. The highest BCUT2D eigenvalue weighted by Gasteiger charge is 2.10. The van der Waals surface area contributed by atoms with Gasteiger partial charge in [0, 0.05) is 42.9 Å². The molecule has 0 aliphatic carbocycles. The monoisotopic (exact) mass is 243 g/mol. The van der Waals surface area contributed by atoms with Crippen LogP contribution in [-0.2, 0) is 13.1 Å². The molecule has 0 spiro atoms. The smallest absolute Gasteiger partial charge is 0.0488 e. The molecule has 2 aromatic rings. The van der Waals surface area contributed by atoms with Gasteiger partial charge in [0.1, 0.15) is 0 Å². The first-order valence-corrected chi connectivity index (χ1v) is 6.32. The molecule has 0 fully saturated rings. The lowest BCUT2D eigenvalue weighted by atomic mass is 10.1. The Kier molecular flexibility index (Phi) is 3.82. The van der Waals surface area contributed by atoms with Crippen LogP contribution in [0.15, 0.2) is 42.9 Å². The number of hydrogen-bond donors (Lipinski definition) is 1. The standard InChI is InChI=1S/C15H21N3/c1-15(2,3)17-11-14-7-5-9-18(14)12-13-6-4-8-16-10-13/h4-10,17H,11-12H2,1-3H3. The zero-order chi connectivity index (χ0) is 13.0. The van der Waals surface area contributed by atoms with E-state index in [2.05, 4.69) is 60.0 Å². The van der Waals surface area contributed by atoms with Crippen molar-refractivity contribution >= 4 is 0 Å². The summed E-state index contributed by atoms with van der Waals surface area (Å²) in [4.78, 5) is 4.15. The van der Waals surface area contributed by atoms with Gasteiger partial charge in [0.2, 0.25) is 0 Å². The van der Waals surface area contributed by atoms with Crippen molar-refractivity contribution in [3.05, 3.63) is 54.1 Å². The van der Waals surface area contributed by atoms with Crippen LogP contribution in [0.2, 0.25) is 0 Å². The third-order valence-corrected chi connectivity index (χ3v) is 2.80. The Labute approximate surface area is 109 Å². The quantitative estimate of drug-likeness (QED) is 0.895. The zero-order valence-corrected chi connectivity index (χ0v) is 11.4. The fourth-order valence-electron chi connectivity index (χ4n) is 1.81. The van der Waals surface area contributed by atoms with Gasteiger partial charge in [0.05, 0.1) is 0 Å². The molecule has 2 aromatic heterocycles. The maximum absolute atomic E-state index is 4.15. The second kappa shape index (κ2) is 5.36. The average molecular weight is 243 g/mol. The molecule has 2 rings (SSSR count). The van der Waals surface area contributed by atoms with Crippen molar-refractivity contribution in [3.63, 3.8) is 0 Å². The molecule has 0 aromatic carbocycles. The van der Waals surface area contributed by atoms with Gasteiger partial charge >= 0.3 is 0 Å². The molecule has 18 heavy (non-hydrogen) atoms. The van der Waals surface area contributed by atoms with E-state index in [1.165, 1.54) is 11.3 Å². The van der Waals surface area contributed by atoms with Crippen LogP contribution >= 0.6 is 0 Å². The molecule has 1 N–H and O–H groups in total. The first kappa shape index (κ1) is 12.8. The summed E-state index contributed by atoms with van der Waals surface area (Å²) in [5.74, 6) is 0. The predicted molar refractivity (Wildman–Crippen MR) is 74.4 cm³/mol. The molecule has 0 atom stereocenters. The second-order valence-corrected chi connectivity index (χ2v) is 5.59. The summed E-state index contributed by atoms with van der Waals surface area (Å²) in [5.41, 5.74) is 2.67. The Balaban J connectivity index is 2.04. The average Bonchev–Trinajstić information content (AvgIpc) is 2.74. The Hall–Kier alpha value is -1.61. The summed E-state index contributed by atoms with van der Waals surface area (Å²) in [7, 11) is 0. The summed E-state index contributed by atoms with van der Waals surface area (Å²) in [5, 5.41) is 3.51. The maximum atomic E-state index is 4.15.